The lowest BCUT2D eigenvalue weighted by molar-refractivity contribution is 0.0658. The zero-order valence-corrected chi connectivity index (χ0v) is 12.8. The van der Waals surface area contributed by atoms with Crippen LogP contribution in [-0.2, 0) is 19.5 Å². The normalized spacial score (nSPS) is 14.5. The first-order valence-electron chi connectivity index (χ1n) is 7.62. The molecule has 0 spiro atoms. The van der Waals surface area contributed by atoms with Crippen molar-refractivity contribution in [3.63, 3.8) is 0 Å². The van der Waals surface area contributed by atoms with Gasteiger partial charge < -0.3 is 13.9 Å². The Morgan fingerprint density at radius 2 is 2.25 bits per heavy atom. The Labute approximate surface area is 137 Å². The van der Waals surface area contributed by atoms with Crippen LogP contribution >= 0.6 is 0 Å². The van der Waals surface area contributed by atoms with E-state index >= 15 is 0 Å². The van der Waals surface area contributed by atoms with E-state index in [-0.39, 0.29) is 5.76 Å². The number of fused-ring (bicyclic) bond motifs is 1. The van der Waals surface area contributed by atoms with Crippen LogP contribution in [0.5, 0.6) is 0 Å². The molecule has 3 aromatic rings. The minimum atomic E-state index is -1.05. The van der Waals surface area contributed by atoms with Crippen molar-refractivity contribution >= 4 is 5.97 Å². The van der Waals surface area contributed by atoms with Gasteiger partial charge in [-0.05, 0) is 24.3 Å². The summed E-state index contributed by atoms with van der Waals surface area (Å²) in [6.45, 7) is 2.09. The summed E-state index contributed by atoms with van der Waals surface area (Å²) in [4.78, 5) is 22.0. The fourth-order valence-electron chi connectivity index (χ4n) is 2.83. The van der Waals surface area contributed by atoms with Crippen LogP contribution in [-0.4, -0.2) is 32.5 Å². The van der Waals surface area contributed by atoms with Gasteiger partial charge in [-0.25, -0.2) is 14.8 Å². The molecule has 0 fully saturated rings. The summed E-state index contributed by atoms with van der Waals surface area (Å²) in [5.41, 5.74) is 2.10. The molecule has 0 radical (unpaired) electrons. The van der Waals surface area contributed by atoms with Gasteiger partial charge in [-0.15, -0.1) is 0 Å². The Morgan fingerprint density at radius 3 is 3.00 bits per heavy atom. The number of hydrogen-bond acceptors (Lipinski definition) is 6. The molecule has 0 atom stereocenters. The molecule has 0 saturated carbocycles. The maximum atomic E-state index is 10.9. The number of carbonyl (C=O) groups is 1. The highest BCUT2D eigenvalue weighted by Crippen LogP contribution is 2.22. The van der Waals surface area contributed by atoms with E-state index in [1.54, 1.807) is 12.3 Å². The second kappa shape index (κ2) is 5.93. The number of nitrogens with zero attached hydrogens (tertiary/aromatic N) is 3. The predicted octanol–water partition coefficient (Wildman–Crippen LogP) is 2.59. The first kappa shape index (κ1) is 14.6. The predicted molar refractivity (Wildman–Crippen MR) is 83.2 cm³/mol. The summed E-state index contributed by atoms with van der Waals surface area (Å²) in [5, 5.41) is 8.91. The zero-order valence-electron chi connectivity index (χ0n) is 12.8. The second-order valence-electron chi connectivity index (χ2n) is 5.67. The molecule has 4 heterocycles. The van der Waals surface area contributed by atoms with Crippen molar-refractivity contribution in [1.82, 2.24) is 14.9 Å². The first-order chi connectivity index (χ1) is 11.7. The van der Waals surface area contributed by atoms with E-state index in [4.69, 9.17) is 13.9 Å². The standard InChI is InChI=1S/C17H15N3O4/c21-17(22)15-4-3-12(24-15)10-20-6-5-13-11(9-20)8-18-16(19-13)14-2-1-7-23-14/h1-4,7-8H,5-6,9-10H2,(H,21,22). The Balaban J connectivity index is 1.48. The van der Waals surface area contributed by atoms with Gasteiger partial charge in [0, 0.05) is 31.3 Å². The molecule has 1 N–H and O–H groups in total. The molecule has 3 aromatic heterocycles. The van der Waals surface area contributed by atoms with Crippen LogP contribution in [0.15, 0.2) is 45.6 Å². The summed E-state index contributed by atoms with van der Waals surface area (Å²) in [6.07, 6.45) is 4.24. The summed E-state index contributed by atoms with van der Waals surface area (Å²) in [6, 6.07) is 6.84. The van der Waals surface area contributed by atoms with E-state index in [1.165, 1.54) is 6.07 Å². The maximum absolute atomic E-state index is 10.9. The van der Waals surface area contributed by atoms with Crippen molar-refractivity contribution in [2.24, 2.45) is 0 Å². The van der Waals surface area contributed by atoms with Gasteiger partial charge in [0.2, 0.25) is 5.76 Å². The summed E-state index contributed by atoms with van der Waals surface area (Å²) >= 11 is 0. The molecule has 4 rings (SSSR count). The average Bonchev–Trinajstić information content (AvgIpc) is 3.26. The Kier molecular flexibility index (Phi) is 3.62. The lowest BCUT2D eigenvalue weighted by Crippen LogP contribution is -2.30. The van der Waals surface area contributed by atoms with Crippen molar-refractivity contribution in [3.05, 3.63) is 59.5 Å². The molecule has 24 heavy (non-hydrogen) atoms. The number of aromatic carboxylic acids is 1. The highest BCUT2D eigenvalue weighted by molar-refractivity contribution is 5.84. The first-order valence-corrected chi connectivity index (χ1v) is 7.62. The van der Waals surface area contributed by atoms with E-state index in [1.807, 2.05) is 18.3 Å². The minimum absolute atomic E-state index is 0.0335. The second-order valence-corrected chi connectivity index (χ2v) is 5.67. The van der Waals surface area contributed by atoms with Gasteiger partial charge >= 0.3 is 5.97 Å². The van der Waals surface area contributed by atoms with Crippen LogP contribution in [0.4, 0.5) is 0 Å². The van der Waals surface area contributed by atoms with Gasteiger partial charge in [-0.2, -0.15) is 0 Å². The number of carboxylic acid groups (broad SMARTS) is 1. The SMILES string of the molecule is O=C(O)c1ccc(CN2CCc3nc(-c4ccco4)ncc3C2)o1. The molecule has 122 valence electrons. The van der Waals surface area contributed by atoms with Gasteiger partial charge in [0.1, 0.15) is 5.76 Å². The number of carboxylic acids is 1. The van der Waals surface area contributed by atoms with Crippen LogP contribution < -0.4 is 0 Å². The quantitative estimate of drug-likeness (QED) is 0.788. The van der Waals surface area contributed by atoms with Crippen molar-refractivity contribution in [1.29, 1.82) is 0 Å². The molecular weight excluding hydrogens is 310 g/mol. The Hall–Kier alpha value is -2.93. The van der Waals surface area contributed by atoms with Crippen LogP contribution in [0.3, 0.4) is 0 Å². The molecule has 0 aliphatic carbocycles. The molecule has 1 aliphatic rings. The summed E-state index contributed by atoms with van der Waals surface area (Å²) < 4.78 is 10.7. The van der Waals surface area contributed by atoms with E-state index in [0.717, 1.165) is 24.2 Å². The smallest absolute Gasteiger partial charge is 0.371 e. The Bertz CT molecular complexity index is 870. The minimum Gasteiger partial charge on any atom is -0.475 e. The van der Waals surface area contributed by atoms with Gasteiger partial charge in [0.25, 0.3) is 0 Å². The van der Waals surface area contributed by atoms with E-state index in [9.17, 15) is 4.79 Å². The van der Waals surface area contributed by atoms with E-state index < -0.39 is 5.97 Å². The van der Waals surface area contributed by atoms with Crippen molar-refractivity contribution in [2.75, 3.05) is 6.54 Å². The summed E-state index contributed by atoms with van der Waals surface area (Å²) in [7, 11) is 0. The van der Waals surface area contributed by atoms with Gasteiger partial charge in [-0.1, -0.05) is 0 Å². The fourth-order valence-corrected chi connectivity index (χ4v) is 2.83. The molecule has 0 saturated heterocycles. The third-order valence-corrected chi connectivity index (χ3v) is 4.01. The Morgan fingerprint density at radius 1 is 1.33 bits per heavy atom. The molecular formula is C17H15N3O4. The van der Waals surface area contributed by atoms with Crippen LogP contribution in [0.25, 0.3) is 11.6 Å². The third kappa shape index (κ3) is 2.81. The number of hydrogen-bond donors (Lipinski definition) is 1. The maximum Gasteiger partial charge on any atom is 0.371 e. The largest absolute Gasteiger partial charge is 0.475 e. The highest BCUT2D eigenvalue weighted by atomic mass is 16.4. The number of aromatic nitrogens is 2. The molecule has 7 heteroatoms. The van der Waals surface area contributed by atoms with Gasteiger partial charge in [-0.3, -0.25) is 4.90 Å². The van der Waals surface area contributed by atoms with Crippen LogP contribution in [0, 0.1) is 0 Å². The van der Waals surface area contributed by atoms with Crippen molar-refractivity contribution in [3.8, 4) is 11.6 Å². The number of furan rings is 2. The lowest BCUT2D eigenvalue weighted by Gasteiger charge is -2.27. The van der Waals surface area contributed by atoms with E-state index in [2.05, 4.69) is 14.9 Å². The topological polar surface area (TPSA) is 92.6 Å². The third-order valence-electron chi connectivity index (χ3n) is 4.01. The molecule has 0 aromatic carbocycles. The molecule has 0 unspecified atom stereocenters. The molecule has 7 nitrogen and oxygen atoms in total. The fraction of sp³-hybridized carbons (Fsp3) is 0.235. The van der Waals surface area contributed by atoms with Crippen molar-refractivity contribution < 1.29 is 18.7 Å². The summed E-state index contributed by atoms with van der Waals surface area (Å²) in [5.74, 6) is 0.822. The van der Waals surface area contributed by atoms with E-state index in [0.29, 0.717) is 30.4 Å². The van der Waals surface area contributed by atoms with Gasteiger partial charge in [0.05, 0.1) is 18.5 Å². The zero-order chi connectivity index (χ0) is 16.5. The molecule has 0 bridgehead atoms. The number of rotatable bonds is 4. The van der Waals surface area contributed by atoms with Gasteiger partial charge in [0.15, 0.2) is 11.6 Å². The van der Waals surface area contributed by atoms with Crippen molar-refractivity contribution in [2.45, 2.75) is 19.5 Å². The lowest BCUT2D eigenvalue weighted by atomic mass is 10.1. The highest BCUT2D eigenvalue weighted by Gasteiger charge is 2.21. The van der Waals surface area contributed by atoms with Crippen LogP contribution in [0.1, 0.15) is 27.6 Å². The average molecular weight is 325 g/mol. The molecule has 1 aliphatic heterocycles. The molecule has 0 amide bonds. The monoisotopic (exact) mass is 325 g/mol. The van der Waals surface area contributed by atoms with Crippen LogP contribution in [0.2, 0.25) is 0 Å².